The molecule has 0 aliphatic rings. The summed E-state index contributed by atoms with van der Waals surface area (Å²) in [4.78, 5) is 7.02. The van der Waals surface area contributed by atoms with Gasteiger partial charge in [-0.25, -0.2) is 14.4 Å². The van der Waals surface area contributed by atoms with E-state index in [0.717, 1.165) is 11.6 Å². The molecule has 1 heterocycles. The van der Waals surface area contributed by atoms with E-state index >= 15 is 0 Å². The highest BCUT2D eigenvalue weighted by molar-refractivity contribution is 7.98. The molecule has 3 aromatic rings. The number of aromatic nitrogens is 2. The van der Waals surface area contributed by atoms with Crippen molar-refractivity contribution in [2.45, 2.75) is 16.8 Å². The Morgan fingerprint density at radius 1 is 1.04 bits per heavy atom. The Hall–Kier alpha value is -1.86. The summed E-state index contributed by atoms with van der Waals surface area (Å²) in [6.45, 7) is 0. The first kappa shape index (κ1) is 17.0. The monoisotopic (exact) mass is 372 g/mol. The fourth-order valence-corrected chi connectivity index (χ4v) is 3.22. The van der Waals surface area contributed by atoms with Gasteiger partial charge in [-0.1, -0.05) is 41.9 Å². The summed E-state index contributed by atoms with van der Waals surface area (Å²) >= 11 is 7.15. The summed E-state index contributed by atoms with van der Waals surface area (Å²) in [5, 5.41) is -0.367. The fourth-order valence-electron chi connectivity index (χ4n) is 2.08. The molecule has 0 saturated carbocycles. The van der Waals surface area contributed by atoms with Crippen molar-refractivity contribution in [3.63, 3.8) is 0 Å². The number of alkyl halides is 3. The molecule has 0 N–H and O–H groups in total. The van der Waals surface area contributed by atoms with E-state index in [1.54, 1.807) is 0 Å². The molecule has 3 rings (SSSR count). The van der Waals surface area contributed by atoms with Crippen LogP contribution in [-0.2, 0) is 11.9 Å². The van der Waals surface area contributed by atoms with Crippen molar-refractivity contribution in [3.05, 3.63) is 64.8 Å². The van der Waals surface area contributed by atoms with Crippen LogP contribution in [0, 0.1) is 5.82 Å². The van der Waals surface area contributed by atoms with Gasteiger partial charge in [0.05, 0.1) is 0 Å². The van der Waals surface area contributed by atoms with Crippen LogP contribution in [0.3, 0.4) is 0 Å². The van der Waals surface area contributed by atoms with E-state index in [4.69, 9.17) is 11.6 Å². The van der Waals surface area contributed by atoms with Crippen molar-refractivity contribution < 1.29 is 17.6 Å². The van der Waals surface area contributed by atoms with Crippen LogP contribution >= 0.6 is 23.4 Å². The lowest BCUT2D eigenvalue weighted by atomic mass is 10.2. The van der Waals surface area contributed by atoms with Crippen molar-refractivity contribution in [3.8, 4) is 0 Å². The Bertz CT molecular complexity index is 885. The molecule has 0 radical (unpaired) electrons. The van der Waals surface area contributed by atoms with Crippen molar-refractivity contribution in [1.29, 1.82) is 0 Å². The van der Waals surface area contributed by atoms with E-state index < -0.39 is 28.5 Å². The molecule has 0 spiro atoms. The van der Waals surface area contributed by atoms with Gasteiger partial charge in [0.25, 0.3) is 0 Å². The largest absolute Gasteiger partial charge is 0.451 e. The highest BCUT2D eigenvalue weighted by atomic mass is 35.5. The van der Waals surface area contributed by atoms with Crippen LogP contribution in [0.5, 0.6) is 0 Å². The molecular weight excluding hydrogens is 364 g/mol. The number of thioether (sulfide) groups is 1. The average molecular weight is 373 g/mol. The number of hydrogen-bond donors (Lipinski definition) is 0. The van der Waals surface area contributed by atoms with Crippen molar-refractivity contribution in [2.75, 3.05) is 0 Å². The van der Waals surface area contributed by atoms with Crippen LogP contribution in [0.4, 0.5) is 17.6 Å². The third-order valence-electron chi connectivity index (χ3n) is 3.18. The SMILES string of the molecule is Fc1cc(SCc2ccccc2)cc2c(Cl)nc(C(F)(F)F)nc12. The van der Waals surface area contributed by atoms with Gasteiger partial charge in [0.15, 0.2) is 5.82 Å². The van der Waals surface area contributed by atoms with Crippen LogP contribution in [0.25, 0.3) is 10.9 Å². The topological polar surface area (TPSA) is 25.8 Å². The van der Waals surface area contributed by atoms with Crippen molar-refractivity contribution >= 4 is 34.3 Å². The molecule has 0 fully saturated rings. The van der Waals surface area contributed by atoms with Crippen LogP contribution in [0.1, 0.15) is 11.4 Å². The molecule has 0 atom stereocenters. The Labute approximate surface area is 143 Å². The van der Waals surface area contributed by atoms with Gasteiger partial charge in [-0.15, -0.1) is 11.8 Å². The standard InChI is InChI=1S/C16H9ClF4N2S/c17-14-11-6-10(24-8-9-4-2-1-3-5-9)7-12(18)13(11)22-15(23-14)16(19,20)21/h1-7H,8H2. The second-order valence-electron chi connectivity index (χ2n) is 4.91. The molecule has 124 valence electrons. The highest BCUT2D eigenvalue weighted by Gasteiger charge is 2.35. The summed E-state index contributed by atoms with van der Waals surface area (Å²) in [6.07, 6.45) is -4.79. The Balaban J connectivity index is 1.96. The van der Waals surface area contributed by atoms with Crippen LogP contribution in [-0.4, -0.2) is 9.97 Å². The normalized spacial score (nSPS) is 11.9. The number of benzene rings is 2. The lowest BCUT2D eigenvalue weighted by Gasteiger charge is -2.09. The van der Waals surface area contributed by atoms with Gasteiger partial charge in [-0.05, 0) is 17.7 Å². The zero-order chi connectivity index (χ0) is 17.3. The Kier molecular flexibility index (Phi) is 4.64. The highest BCUT2D eigenvalue weighted by Crippen LogP contribution is 2.34. The summed E-state index contributed by atoms with van der Waals surface area (Å²) < 4.78 is 52.3. The van der Waals surface area contributed by atoms with Gasteiger partial charge in [0.2, 0.25) is 5.82 Å². The van der Waals surface area contributed by atoms with E-state index in [9.17, 15) is 17.6 Å². The quantitative estimate of drug-likeness (QED) is 0.333. The van der Waals surface area contributed by atoms with Crippen molar-refractivity contribution in [1.82, 2.24) is 9.97 Å². The molecule has 0 aliphatic carbocycles. The molecule has 1 aromatic heterocycles. The van der Waals surface area contributed by atoms with E-state index in [0.29, 0.717) is 10.6 Å². The predicted molar refractivity (Wildman–Crippen MR) is 85.5 cm³/mol. The second-order valence-corrected chi connectivity index (χ2v) is 6.32. The smallest absolute Gasteiger partial charge is 0.221 e. The van der Waals surface area contributed by atoms with Gasteiger partial charge < -0.3 is 0 Å². The van der Waals surface area contributed by atoms with E-state index in [2.05, 4.69) is 9.97 Å². The van der Waals surface area contributed by atoms with E-state index in [1.807, 2.05) is 30.3 Å². The molecule has 0 unspecified atom stereocenters. The zero-order valence-electron chi connectivity index (χ0n) is 11.9. The maximum absolute atomic E-state index is 14.2. The summed E-state index contributed by atoms with van der Waals surface area (Å²) in [5.41, 5.74) is 0.601. The zero-order valence-corrected chi connectivity index (χ0v) is 13.5. The van der Waals surface area contributed by atoms with E-state index in [1.165, 1.54) is 17.8 Å². The minimum atomic E-state index is -4.79. The maximum Gasteiger partial charge on any atom is 0.451 e. The molecule has 8 heteroatoms. The fraction of sp³-hybridized carbons (Fsp3) is 0.125. The molecular formula is C16H9ClF4N2S. The van der Waals surface area contributed by atoms with Gasteiger partial charge in [0.1, 0.15) is 10.7 Å². The maximum atomic E-state index is 14.2. The Morgan fingerprint density at radius 3 is 2.42 bits per heavy atom. The molecule has 0 amide bonds. The lowest BCUT2D eigenvalue weighted by Crippen LogP contribution is -2.11. The minimum absolute atomic E-state index is 0.0558. The van der Waals surface area contributed by atoms with Gasteiger partial charge >= 0.3 is 6.18 Å². The first-order chi connectivity index (χ1) is 11.3. The molecule has 2 nitrogen and oxygen atoms in total. The lowest BCUT2D eigenvalue weighted by molar-refractivity contribution is -0.144. The van der Waals surface area contributed by atoms with Gasteiger partial charge in [0, 0.05) is 16.0 Å². The van der Waals surface area contributed by atoms with Crippen molar-refractivity contribution in [2.24, 2.45) is 0 Å². The van der Waals surface area contributed by atoms with Crippen LogP contribution in [0.2, 0.25) is 5.15 Å². The number of rotatable bonds is 3. The number of fused-ring (bicyclic) bond motifs is 1. The van der Waals surface area contributed by atoms with Crippen LogP contribution in [0.15, 0.2) is 47.4 Å². The predicted octanol–water partition coefficient (Wildman–Crippen LogP) is 5.73. The molecule has 24 heavy (non-hydrogen) atoms. The molecule has 2 aromatic carbocycles. The summed E-state index contributed by atoms with van der Waals surface area (Å²) in [7, 11) is 0. The average Bonchev–Trinajstić information content (AvgIpc) is 2.54. The number of nitrogens with zero attached hydrogens (tertiary/aromatic N) is 2. The van der Waals surface area contributed by atoms with Gasteiger partial charge in [-0.2, -0.15) is 13.2 Å². The first-order valence-electron chi connectivity index (χ1n) is 6.75. The second kappa shape index (κ2) is 6.57. The molecule has 0 saturated heterocycles. The molecule has 0 bridgehead atoms. The Morgan fingerprint density at radius 2 is 1.75 bits per heavy atom. The first-order valence-corrected chi connectivity index (χ1v) is 8.11. The third kappa shape index (κ3) is 3.62. The number of hydrogen-bond acceptors (Lipinski definition) is 3. The summed E-state index contributed by atoms with van der Waals surface area (Å²) in [5.74, 6) is -1.73. The minimum Gasteiger partial charge on any atom is -0.221 e. The van der Waals surface area contributed by atoms with Gasteiger partial charge in [-0.3, -0.25) is 0 Å². The van der Waals surface area contributed by atoms with Crippen LogP contribution < -0.4 is 0 Å². The molecule has 0 aliphatic heterocycles. The van der Waals surface area contributed by atoms with E-state index in [-0.39, 0.29) is 5.39 Å². The third-order valence-corrected chi connectivity index (χ3v) is 4.52. The summed E-state index contributed by atoms with van der Waals surface area (Å²) in [6, 6.07) is 12.2. The number of halogens is 5.